The molecule has 0 bridgehead atoms. The maximum Gasteiger partial charge on any atom is 0.335 e. The summed E-state index contributed by atoms with van der Waals surface area (Å²) in [7, 11) is 0. The Kier molecular flexibility index (Phi) is 7.22. The van der Waals surface area contributed by atoms with Crippen molar-refractivity contribution in [3.8, 4) is 11.3 Å². The summed E-state index contributed by atoms with van der Waals surface area (Å²) in [5, 5.41) is 20.7. The standard InChI is InChI=1S/C27H22N2O8S/c1-13-6-14(2)23(15(3)7-13)28-22(30)12-29-24(31)21(38-27(29)36)11-19-4-5-20(37-19)16-8-17(25(32)33)10-18(9-16)26(34)35/h4-11H,12H2,1-3H3,(H,28,30)(H,32,33)(H,34,35)/b21-11+. The number of rotatable bonds is 7. The number of carbonyl (C=O) groups is 5. The highest BCUT2D eigenvalue weighted by atomic mass is 32.2. The number of imide groups is 1. The van der Waals surface area contributed by atoms with Gasteiger partial charge in [-0.25, -0.2) is 9.59 Å². The number of carboxylic acid groups (broad SMARTS) is 2. The number of nitrogens with one attached hydrogen (secondary N) is 1. The van der Waals surface area contributed by atoms with Crippen molar-refractivity contribution in [1.29, 1.82) is 0 Å². The zero-order valence-electron chi connectivity index (χ0n) is 20.5. The van der Waals surface area contributed by atoms with Gasteiger partial charge < -0.3 is 19.9 Å². The monoisotopic (exact) mass is 534 g/mol. The topological polar surface area (TPSA) is 154 Å². The average molecular weight is 535 g/mol. The quantitative estimate of drug-likeness (QED) is 0.357. The second kappa shape index (κ2) is 10.4. The molecule has 11 heteroatoms. The number of furan rings is 1. The van der Waals surface area contributed by atoms with Gasteiger partial charge in [-0.1, -0.05) is 17.7 Å². The molecule has 0 radical (unpaired) electrons. The fourth-order valence-electron chi connectivity index (χ4n) is 4.07. The van der Waals surface area contributed by atoms with Gasteiger partial charge in [-0.15, -0.1) is 0 Å². The maximum absolute atomic E-state index is 12.9. The van der Waals surface area contributed by atoms with Crippen LogP contribution in [0.3, 0.4) is 0 Å². The third-order valence-corrected chi connectivity index (χ3v) is 6.64. The molecule has 3 amide bonds. The normalized spacial score (nSPS) is 14.3. The average Bonchev–Trinajstić information content (AvgIpc) is 3.41. The van der Waals surface area contributed by atoms with Crippen LogP contribution in [0.2, 0.25) is 0 Å². The lowest BCUT2D eigenvalue weighted by Gasteiger charge is -2.15. The van der Waals surface area contributed by atoms with Crippen LogP contribution in [0, 0.1) is 20.8 Å². The third kappa shape index (κ3) is 5.52. The number of hydrogen-bond acceptors (Lipinski definition) is 7. The highest BCUT2D eigenvalue weighted by molar-refractivity contribution is 8.18. The molecular formula is C27H22N2O8S. The van der Waals surface area contributed by atoms with Crippen LogP contribution in [0.4, 0.5) is 10.5 Å². The van der Waals surface area contributed by atoms with Gasteiger partial charge in [0.15, 0.2) is 0 Å². The molecule has 1 fully saturated rings. The summed E-state index contributed by atoms with van der Waals surface area (Å²) < 4.78 is 5.68. The SMILES string of the molecule is Cc1cc(C)c(NC(=O)CN2C(=O)S/C(=C/c3ccc(-c4cc(C(=O)O)cc(C(=O)O)c4)o3)C2=O)c(C)c1. The van der Waals surface area contributed by atoms with Crippen LogP contribution in [0.1, 0.15) is 43.2 Å². The number of thioether (sulfide) groups is 1. The Morgan fingerprint density at radius 2 is 1.55 bits per heavy atom. The summed E-state index contributed by atoms with van der Waals surface area (Å²) in [4.78, 5) is 61.6. The summed E-state index contributed by atoms with van der Waals surface area (Å²) in [5.41, 5.74) is 3.16. The first-order valence-corrected chi connectivity index (χ1v) is 12.1. The van der Waals surface area contributed by atoms with E-state index < -0.39 is 35.5 Å². The smallest absolute Gasteiger partial charge is 0.335 e. The van der Waals surface area contributed by atoms with Gasteiger partial charge in [-0.05, 0) is 74.0 Å². The van der Waals surface area contributed by atoms with Crippen molar-refractivity contribution in [3.63, 3.8) is 0 Å². The van der Waals surface area contributed by atoms with Gasteiger partial charge in [0.05, 0.1) is 16.0 Å². The highest BCUT2D eigenvalue weighted by Crippen LogP contribution is 2.34. The van der Waals surface area contributed by atoms with Crippen molar-refractivity contribution in [2.75, 3.05) is 11.9 Å². The Morgan fingerprint density at radius 1 is 0.947 bits per heavy atom. The minimum atomic E-state index is -1.30. The van der Waals surface area contributed by atoms with Crippen molar-refractivity contribution in [2.24, 2.45) is 0 Å². The molecule has 3 aromatic rings. The molecule has 0 unspecified atom stereocenters. The summed E-state index contributed by atoms with van der Waals surface area (Å²) in [5.74, 6) is -3.43. The van der Waals surface area contributed by atoms with Crippen molar-refractivity contribution in [2.45, 2.75) is 20.8 Å². The number of hydrogen-bond donors (Lipinski definition) is 3. The maximum atomic E-state index is 12.9. The van der Waals surface area contributed by atoms with Crippen LogP contribution in [0.5, 0.6) is 0 Å². The van der Waals surface area contributed by atoms with Crippen LogP contribution in [0.25, 0.3) is 17.4 Å². The van der Waals surface area contributed by atoms with Crippen molar-refractivity contribution in [1.82, 2.24) is 4.90 Å². The number of amides is 3. The van der Waals surface area contributed by atoms with Crippen LogP contribution in [0.15, 0.2) is 51.8 Å². The first-order chi connectivity index (χ1) is 17.9. The van der Waals surface area contributed by atoms with Crippen LogP contribution >= 0.6 is 11.8 Å². The van der Waals surface area contributed by atoms with Crippen molar-refractivity contribution < 1.29 is 38.6 Å². The number of carboxylic acids is 2. The predicted octanol–water partition coefficient (Wildman–Crippen LogP) is 4.94. The Balaban J connectivity index is 1.51. The van der Waals surface area contributed by atoms with E-state index in [4.69, 9.17) is 4.42 Å². The lowest BCUT2D eigenvalue weighted by molar-refractivity contribution is -0.127. The molecule has 0 saturated carbocycles. The molecule has 194 valence electrons. The van der Waals surface area contributed by atoms with Gasteiger partial charge in [-0.2, -0.15) is 0 Å². The number of nitrogens with zero attached hydrogens (tertiary/aromatic N) is 1. The fraction of sp³-hybridized carbons (Fsp3) is 0.148. The Morgan fingerprint density at radius 3 is 2.13 bits per heavy atom. The molecule has 1 aliphatic heterocycles. The predicted molar refractivity (Wildman–Crippen MR) is 140 cm³/mol. The van der Waals surface area contributed by atoms with Crippen LogP contribution < -0.4 is 5.32 Å². The molecule has 1 aliphatic rings. The summed E-state index contributed by atoms with van der Waals surface area (Å²) >= 11 is 0.654. The lowest BCUT2D eigenvalue weighted by Crippen LogP contribution is -2.36. The molecule has 4 rings (SSSR count). The number of carbonyl (C=O) groups excluding carboxylic acids is 3. The van der Waals surface area contributed by atoms with E-state index in [0.717, 1.165) is 27.7 Å². The van der Waals surface area contributed by atoms with Crippen LogP contribution in [-0.4, -0.2) is 50.6 Å². The molecule has 0 aliphatic carbocycles. The number of benzene rings is 2. The van der Waals surface area contributed by atoms with E-state index in [1.54, 1.807) is 0 Å². The third-order valence-electron chi connectivity index (χ3n) is 5.73. The van der Waals surface area contributed by atoms with Gasteiger partial charge in [-0.3, -0.25) is 19.3 Å². The first-order valence-electron chi connectivity index (χ1n) is 11.3. The minimum Gasteiger partial charge on any atom is -0.478 e. The molecule has 38 heavy (non-hydrogen) atoms. The molecule has 0 spiro atoms. The van der Waals surface area contributed by atoms with Gasteiger partial charge in [0, 0.05) is 17.3 Å². The zero-order valence-corrected chi connectivity index (χ0v) is 21.3. The molecule has 1 aromatic heterocycles. The van der Waals surface area contributed by atoms with Crippen LogP contribution in [-0.2, 0) is 9.59 Å². The first kappa shape index (κ1) is 26.4. The molecule has 10 nitrogen and oxygen atoms in total. The van der Waals surface area contributed by atoms with E-state index in [2.05, 4.69) is 5.32 Å². The van der Waals surface area contributed by atoms with E-state index in [0.29, 0.717) is 17.4 Å². The molecule has 3 N–H and O–H groups in total. The minimum absolute atomic E-state index is 0.0388. The Labute approximate surface area is 220 Å². The zero-order chi connectivity index (χ0) is 27.7. The van der Waals surface area contributed by atoms with Gasteiger partial charge in [0.2, 0.25) is 5.91 Å². The highest BCUT2D eigenvalue weighted by Gasteiger charge is 2.36. The molecule has 0 atom stereocenters. The molecule has 1 saturated heterocycles. The molecule has 2 aromatic carbocycles. The second-order valence-corrected chi connectivity index (χ2v) is 9.69. The van der Waals surface area contributed by atoms with Crippen molar-refractivity contribution >= 4 is 52.5 Å². The number of aromatic carboxylic acids is 2. The van der Waals surface area contributed by atoms with E-state index in [9.17, 15) is 34.2 Å². The Hall–Kier alpha value is -4.64. The fourth-order valence-corrected chi connectivity index (χ4v) is 4.89. The molecular weight excluding hydrogens is 512 g/mol. The van der Waals surface area contributed by atoms with Gasteiger partial charge in [0.1, 0.15) is 18.1 Å². The summed E-state index contributed by atoms with van der Waals surface area (Å²) in [6, 6.07) is 10.4. The van der Waals surface area contributed by atoms with E-state index >= 15 is 0 Å². The van der Waals surface area contributed by atoms with E-state index in [-0.39, 0.29) is 33.1 Å². The summed E-state index contributed by atoms with van der Waals surface area (Å²) in [6.07, 6.45) is 1.33. The number of aryl methyl sites for hydroxylation is 3. The second-order valence-electron chi connectivity index (χ2n) is 8.70. The largest absolute Gasteiger partial charge is 0.478 e. The molecule has 2 heterocycles. The number of anilines is 1. The van der Waals surface area contributed by atoms with Gasteiger partial charge >= 0.3 is 11.9 Å². The van der Waals surface area contributed by atoms with E-state index in [1.165, 1.54) is 30.3 Å². The summed E-state index contributed by atoms with van der Waals surface area (Å²) in [6.45, 7) is 5.20. The Bertz CT molecular complexity index is 1500. The van der Waals surface area contributed by atoms with E-state index in [1.807, 2.05) is 32.9 Å². The van der Waals surface area contributed by atoms with Crippen molar-refractivity contribution in [3.05, 3.63) is 80.9 Å². The van der Waals surface area contributed by atoms with Gasteiger partial charge in [0.25, 0.3) is 11.1 Å². The lowest BCUT2D eigenvalue weighted by atomic mass is 10.0.